The quantitative estimate of drug-likeness (QED) is 0.910. The van der Waals surface area contributed by atoms with Crippen LogP contribution in [0.5, 0.6) is 11.5 Å². The summed E-state index contributed by atoms with van der Waals surface area (Å²) in [6.45, 7) is 0.583. The third-order valence-corrected chi connectivity index (χ3v) is 3.83. The van der Waals surface area contributed by atoms with Gasteiger partial charge in [0.05, 0.1) is 30.5 Å². The number of fused-ring (bicyclic) bond motifs is 1. The molecule has 1 aliphatic rings. The van der Waals surface area contributed by atoms with Gasteiger partial charge >= 0.3 is 0 Å². The van der Waals surface area contributed by atoms with Crippen LogP contribution in [0.15, 0.2) is 36.4 Å². The summed E-state index contributed by atoms with van der Waals surface area (Å²) in [7, 11) is 1.62. The first-order valence-electron chi connectivity index (χ1n) is 6.70. The summed E-state index contributed by atoms with van der Waals surface area (Å²) in [5.74, 6) is 1.11. The number of halogens is 2. The van der Waals surface area contributed by atoms with Gasteiger partial charge in [-0.2, -0.15) is 0 Å². The summed E-state index contributed by atoms with van der Waals surface area (Å²) < 4.78 is 24.9. The molecular weight excluding hydrogens is 293 g/mol. The number of benzene rings is 2. The normalized spacial score (nSPS) is 16.8. The minimum atomic E-state index is -0.435. The van der Waals surface area contributed by atoms with Gasteiger partial charge in [-0.3, -0.25) is 0 Å². The molecule has 0 saturated carbocycles. The molecule has 3 rings (SSSR count). The van der Waals surface area contributed by atoms with Crippen molar-refractivity contribution in [3.05, 3.63) is 52.8 Å². The highest BCUT2D eigenvalue weighted by atomic mass is 35.5. The Morgan fingerprint density at radius 2 is 2.19 bits per heavy atom. The lowest BCUT2D eigenvalue weighted by atomic mass is 10.00. The summed E-state index contributed by atoms with van der Waals surface area (Å²) in [6, 6.07) is 10.5. The fourth-order valence-corrected chi connectivity index (χ4v) is 2.63. The van der Waals surface area contributed by atoms with Gasteiger partial charge in [-0.25, -0.2) is 4.39 Å². The minimum absolute atomic E-state index is 0.0446. The van der Waals surface area contributed by atoms with E-state index in [0.717, 1.165) is 23.5 Å². The molecule has 1 heterocycles. The van der Waals surface area contributed by atoms with Crippen LogP contribution in [-0.4, -0.2) is 13.7 Å². The van der Waals surface area contributed by atoms with Crippen molar-refractivity contribution in [2.24, 2.45) is 0 Å². The molecule has 2 aromatic carbocycles. The van der Waals surface area contributed by atoms with Gasteiger partial charge < -0.3 is 14.8 Å². The van der Waals surface area contributed by atoms with Crippen molar-refractivity contribution in [3.63, 3.8) is 0 Å². The lowest BCUT2D eigenvalue weighted by Gasteiger charge is -2.28. The zero-order chi connectivity index (χ0) is 14.8. The number of hydrogen-bond donors (Lipinski definition) is 1. The van der Waals surface area contributed by atoms with Crippen molar-refractivity contribution in [2.75, 3.05) is 19.0 Å². The Balaban J connectivity index is 1.93. The van der Waals surface area contributed by atoms with Gasteiger partial charge in [0.25, 0.3) is 0 Å². The molecule has 0 bridgehead atoms. The Bertz CT molecular complexity index is 663. The van der Waals surface area contributed by atoms with Gasteiger partial charge in [0.15, 0.2) is 5.82 Å². The highest BCUT2D eigenvalue weighted by Crippen LogP contribution is 2.37. The number of hydrogen-bond acceptors (Lipinski definition) is 3. The van der Waals surface area contributed by atoms with Gasteiger partial charge in [-0.15, -0.1) is 0 Å². The van der Waals surface area contributed by atoms with Crippen LogP contribution in [0.25, 0.3) is 0 Å². The van der Waals surface area contributed by atoms with Crippen LogP contribution in [0, 0.1) is 5.82 Å². The topological polar surface area (TPSA) is 30.5 Å². The van der Waals surface area contributed by atoms with Crippen molar-refractivity contribution in [1.82, 2.24) is 0 Å². The van der Waals surface area contributed by atoms with E-state index in [1.165, 1.54) is 6.07 Å². The molecule has 5 heteroatoms. The lowest BCUT2D eigenvalue weighted by Crippen LogP contribution is -2.21. The molecule has 0 saturated heterocycles. The van der Waals surface area contributed by atoms with Crippen LogP contribution in [0.2, 0.25) is 5.02 Å². The average Bonchev–Trinajstić information content (AvgIpc) is 2.51. The first kappa shape index (κ1) is 14.0. The fourth-order valence-electron chi connectivity index (χ4n) is 2.45. The molecule has 1 aliphatic heterocycles. The number of nitrogens with one attached hydrogen (secondary N) is 1. The van der Waals surface area contributed by atoms with E-state index in [1.807, 2.05) is 18.2 Å². The summed E-state index contributed by atoms with van der Waals surface area (Å²) in [4.78, 5) is 0. The van der Waals surface area contributed by atoms with Crippen LogP contribution in [0.3, 0.4) is 0 Å². The van der Waals surface area contributed by atoms with E-state index in [2.05, 4.69) is 5.32 Å². The van der Waals surface area contributed by atoms with Crippen LogP contribution < -0.4 is 14.8 Å². The first-order chi connectivity index (χ1) is 10.2. The van der Waals surface area contributed by atoms with Gasteiger partial charge in [0.1, 0.15) is 11.5 Å². The standard InChI is InChI=1S/C16H15ClFNO2/c1-20-10-5-6-15-11(9-10)13(7-8-21-15)19-14-4-2-3-12(17)16(14)18/h2-6,9,13,19H,7-8H2,1H3. The van der Waals surface area contributed by atoms with Crippen LogP contribution in [-0.2, 0) is 0 Å². The Labute approximate surface area is 127 Å². The molecule has 1 atom stereocenters. The maximum Gasteiger partial charge on any atom is 0.164 e. The second kappa shape index (κ2) is 5.82. The molecule has 0 aromatic heterocycles. The Morgan fingerprint density at radius 3 is 3.00 bits per heavy atom. The van der Waals surface area contributed by atoms with Gasteiger partial charge in [-0.05, 0) is 30.3 Å². The van der Waals surface area contributed by atoms with Crippen molar-refractivity contribution >= 4 is 17.3 Å². The summed E-state index contributed by atoms with van der Waals surface area (Å²) >= 11 is 5.82. The molecule has 0 spiro atoms. The molecule has 1 N–H and O–H groups in total. The highest BCUT2D eigenvalue weighted by Gasteiger charge is 2.23. The van der Waals surface area contributed by atoms with E-state index >= 15 is 0 Å². The third-order valence-electron chi connectivity index (χ3n) is 3.54. The van der Waals surface area contributed by atoms with Gasteiger partial charge in [-0.1, -0.05) is 17.7 Å². The Kier molecular flexibility index (Phi) is 3.88. The van der Waals surface area contributed by atoms with Gasteiger partial charge in [0, 0.05) is 12.0 Å². The van der Waals surface area contributed by atoms with Crippen LogP contribution in [0.1, 0.15) is 18.0 Å². The molecule has 0 radical (unpaired) electrons. The summed E-state index contributed by atoms with van der Waals surface area (Å²) in [5, 5.41) is 3.31. The molecule has 21 heavy (non-hydrogen) atoms. The smallest absolute Gasteiger partial charge is 0.164 e. The SMILES string of the molecule is COc1ccc2c(c1)C(Nc1cccc(Cl)c1F)CCO2. The summed E-state index contributed by atoms with van der Waals surface area (Å²) in [6.07, 6.45) is 0.742. The number of rotatable bonds is 3. The summed E-state index contributed by atoms with van der Waals surface area (Å²) in [5.41, 5.74) is 1.35. The van der Waals surface area contributed by atoms with Crippen LogP contribution >= 0.6 is 11.6 Å². The molecule has 0 aliphatic carbocycles. The second-order valence-electron chi connectivity index (χ2n) is 4.84. The lowest BCUT2D eigenvalue weighted by molar-refractivity contribution is 0.273. The van der Waals surface area contributed by atoms with Crippen LogP contribution in [0.4, 0.5) is 10.1 Å². The highest BCUT2D eigenvalue weighted by molar-refractivity contribution is 6.31. The molecule has 2 aromatic rings. The van der Waals surface area contributed by atoms with E-state index in [0.29, 0.717) is 12.3 Å². The first-order valence-corrected chi connectivity index (χ1v) is 7.08. The van der Waals surface area contributed by atoms with E-state index < -0.39 is 5.82 Å². The van der Waals surface area contributed by atoms with Gasteiger partial charge in [0.2, 0.25) is 0 Å². The molecule has 0 amide bonds. The fraction of sp³-hybridized carbons (Fsp3) is 0.250. The monoisotopic (exact) mass is 307 g/mol. The number of methoxy groups -OCH3 is 1. The molecule has 110 valence electrons. The van der Waals surface area contributed by atoms with E-state index in [-0.39, 0.29) is 11.1 Å². The van der Waals surface area contributed by atoms with E-state index in [4.69, 9.17) is 21.1 Å². The predicted molar refractivity (Wildman–Crippen MR) is 80.9 cm³/mol. The van der Waals surface area contributed by atoms with Crippen molar-refractivity contribution in [3.8, 4) is 11.5 Å². The van der Waals surface area contributed by atoms with E-state index in [9.17, 15) is 4.39 Å². The number of anilines is 1. The second-order valence-corrected chi connectivity index (χ2v) is 5.25. The predicted octanol–water partition coefficient (Wildman–Crippen LogP) is 4.42. The maximum absolute atomic E-state index is 14.0. The zero-order valence-corrected chi connectivity index (χ0v) is 12.3. The van der Waals surface area contributed by atoms with Crippen molar-refractivity contribution in [2.45, 2.75) is 12.5 Å². The molecule has 3 nitrogen and oxygen atoms in total. The maximum atomic E-state index is 14.0. The largest absolute Gasteiger partial charge is 0.497 e. The molecule has 0 fully saturated rings. The number of ether oxygens (including phenoxy) is 2. The molecular formula is C16H15ClFNO2. The Hall–Kier alpha value is -1.94. The van der Waals surface area contributed by atoms with Crippen molar-refractivity contribution in [1.29, 1.82) is 0 Å². The van der Waals surface area contributed by atoms with E-state index in [1.54, 1.807) is 19.2 Å². The molecule has 1 unspecified atom stereocenters. The van der Waals surface area contributed by atoms with Crippen molar-refractivity contribution < 1.29 is 13.9 Å². The zero-order valence-electron chi connectivity index (χ0n) is 11.5. The average molecular weight is 308 g/mol. The Morgan fingerprint density at radius 1 is 1.33 bits per heavy atom. The minimum Gasteiger partial charge on any atom is -0.497 e. The third kappa shape index (κ3) is 2.76.